The SMILES string of the molecule is Cc1cc(CNC(=O)COc2ccccc2)no1. The molecule has 94 valence electrons. The van der Waals surface area contributed by atoms with Crippen molar-refractivity contribution < 1.29 is 14.1 Å². The molecule has 1 N–H and O–H groups in total. The Bertz CT molecular complexity index is 508. The van der Waals surface area contributed by atoms with Gasteiger partial charge in [-0.1, -0.05) is 23.4 Å². The van der Waals surface area contributed by atoms with Crippen LogP contribution in [0.25, 0.3) is 0 Å². The lowest BCUT2D eigenvalue weighted by molar-refractivity contribution is -0.123. The number of nitrogens with one attached hydrogen (secondary N) is 1. The predicted octanol–water partition coefficient (Wildman–Crippen LogP) is 1.68. The van der Waals surface area contributed by atoms with Gasteiger partial charge in [-0.25, -0.2) is 0 Å². The van der Waals surface area contributed by atoms with E-state index in [2.05, 4.69) is 10.5 Å². The van der Waals surface area contributed by atoms with Crippen LogP contribution in [0.5, 0.6) is 5.75 Å². The number of hydrogen-bond acceptors (Lipinski definition) is 4. The highest BCUT2D eigenvalue weighted by Gasteiger charge is 2.05. The van der Waals surface area contributed by atoms with Crippen molar-refractivity contribution >= 4 is 5.91 Å². The van der Waals surface area contributed by atoms with Gasteiger partial charge < -0.3 is 14.6 Å². The lowest BCUT2D eigenvalue weighted by Gasteiger charge is -2.05. The van der Waals surface area contributed by atoms with E-state index in [0.717, 1.165) is 5.76 Å². The number of carbonyl (C=O) groups excluding carboxylic acids is 1. The van der Waals surface area contributed by atoms with Gasteiger partial charge in [-0.2, -0.15) is 0 Å². The Labute approximate surface area is 105 Å². The number of rotatable bonds is 5. The van der Waals surface area contributed by atoms with Crippen molar-refractivity contribution in [3.05, 3.63) is 47.9 Å². The summed E-state index contributed by atoms with van der Waals surface area (Å²) in [6, 6.07) is 11.0. The molecule has 0 saturated carbocycles. The lowest BCUT2D eigenvalue weighted by Crippen LogP contribution is -2.28. The van der Waals surface area contributed by atoms with Gasteiger partial charge in [0.1, 0.15) is 17.2 Å². The fourth-order valence-electron chi connectivity index (χ4n) is 1.41. The minimum atomic E-state index is -0.195. The molecule has 1 heterocycles. The molecule has 2 rings (SSSR count). The van der Waals surface area contributed by atoms with Crippen LogP contribution >= 0.6 is 0 Å². The van der Waals surface area contributed by atoms with Crippen molar-refractivity contribution in [1.29, 1.82) is 0 Å². The monoisotopic (exact) mass is 246 g/mol. The first-order valence-corrected chi connectivity index (χ1v) is 5.61. The largest absolute Gasteiger partial charge is 0.484 e. The average Bonchev–Trinajstić information content (AvgIpc) is 2.81. The Morgan fingerprint density at radius 1 is 1.39 bits per heavy atom. The standard InChI is InChI=1S/C13H14N2O3/c1-10-7-11(15-18-10)8-14-13(16)9-17-12-5-3-2-4-6-12/h2-7H,8-9H2,1H3,(H,14,16). The maximum atomic E-state index is 11.5. The molecule has 0 atom stereocenters. The van der Waals surface area contributed by atoms with Crippen LogP contribution in [-0.2, 0) is 11.3 Å². The molecule has 0 unspecified atom stereocenters. The number of ether oxygens (including phenoxy) is 1. The molecule has 0 aliphatic rings. The second kappa shape index (κ2) is 5.86. The van der Waals surface area contributed by atoms with Crippen LogP contribution in [0, 0.1) is 6.92 Å². The first kappa shape index (κ1) is 12.2. The number of aromatic nitrogens is 1. The van der Waals surface area contributed by atoms with Crippen LogP contribution in [-0.4, -0.2) is 17.7 Å². The zero-order valence-electron chi connectivity index (χ0n) is 10.1. The molecular formula is C13H14N2O3. The van der Waals surface area contributed by atoms with Crippen LogP contribution in [0.3, 0.4) is 0 Å². The molecule has 0 aliphatic carbocycles. The lowest BCUT2D eigenvalue weighted by atomic mass is 10.3. The van der Waals surface area contributed by atoms with E-state index in [1.54, 1.807) is 25.1 Å². The molecule has 18 heavy (non-hydrogen) atoms. The number of hydrogen-bond donors (Lipinski definition) is 1. The molecule has 0 fully saturated rings. The van der Waals surface area contributed by atoms with Crippen molar-refractivity contribution in [3.8, 4) is 5.75 Å². The molecular weight excluding hydrogens is 232 g/mol. The van der Waals surface area contributed by atoms with Gasteiger partial charge in [-0.15, -0.1) is 0 Å². The molecule has 0 saturated heterocycles. The molecule has 5 heteroatoms. The van der Waals surface area contributed by atoms with Gasteiger partial charge in [-0.3, -0.25) is 4.79 Å². The van der Waals surface area contributed by atoms with Gasteiger partial charge in [0.2, 0.25) is 0 Å². The number of carbonyl (C=O) groups is 1. The van der Waals surface area contributed by atoms with Crippen LogP contribution in [0.2, 0.25) is 0 Å². The summed E-state index contributed by atoms with van der Waals surface area (Å²) in [6.45, 7) is 2.13. The molecule has 0 radical (unpaired) electrons. The second-order valence-corrected chi connectivity index (χ2v) is 3.81. The Kier molecular flexibility index (Phi) is 3.96. The van der Waals surface area contributed by atoms with E-state index in [1.165, 1.54) is 0 Å². The van der Waals surface area contributed by atoms with Crippen LogP contribution in [0.1, 0.15) is 11.5 Å². The minimum absolute atomic E-state index is 0.0130. The summed E-state index contributed by atoms with van der Waals surface area (Å²) >= 11 is 0. The fraction of sp³-hybridized carbons (Fsp3) is 0.231. The van der Waals surface area contributed by atoms with E-state index < -0.39 is 0 Å². The number of amides is 1. The minimum Gasteiger partial charge on any atom is -0.484 e. The first-order valence-electron chi connectivity index (χ1n) is 5.61. The third-order valence-electron chi connectivity index (χ3n) is 2.26. The molecule has 0 aliphatic heterocycles. The van der Waals surface area contributed by atoms with E-state index in [0.29, 0.717) is 18.0 Å². The summed E-state index contributed by atoms with van der Waals surface area (Å²) < 4.78 is 10.2. The van der Waals surface area contributed by atoms with E-state index in [9.17, 15) is 4.79 Å². The highest BCUT2D eigenvalue weighted by Crippen LogP contribution is 2.07. The average molecular weight is 246 g/mol. The highest BCUT2D eigenvalue weighted by molar-refractivity contribution is 5.77. The van der Waals surface area contributed by atoms with Crippen molar-refractivity contribution in [3.63, 3.8) is 0 Å². The van der Waals surface area contributed by atoms with Crippen molar-refractivity contribution in [2.45, 2.75) is 13.5 Å². The molecule has 2 aromatic rings. The summed E-state index contributed by atoms with van der Waals surface area (Å²) in [4.78, 5) is 11.5. The molecule has 5 nitrogen and oxygen atoms in total. The summed E-state index contributed by atoms with van der Waals surface area (Å²) in [5, 5.41) is 6.47. The Morgan fingerprint density at radius 3 is 2.83 bits per heavy atom. The van der Waals surface area contributed by atoms with Gasteiger partial charge in [-0.05, 0) is 19.1 Å². The molecule has 1 amide bonds. The number of nitrogens with zero attached hydrogens (tertiary/aromatic N) is 1. The number of benzene rings is 1. The van der Waals surface area contributed by atoms with Gasteiger partial charge >= 0.3 is 0 Å². The third kappa shape index (κ3) is 3.62. The predicted molar refractivity (Wildman–Crippen MR) is 65.0 cm³/mol. The molecule has 1 aromatic carbocycles. The van der Waals surface area contributed by atoms with Crippen LogP contribution in [0.4, 0.5) is 0 Å². The molecule has 1 aromatic heterocycles. The first-order chi connectivity index (χ1) is 8.74. The van der Waals surface area contributed by atoms with Crippen LogP contribution < -0.4 is 10.1 Å². The summed E-state index contributed by atoms with van der Waals surface area (Å²) in [6.07, 6.45) is 0. The maximum absolute atomic E-state index is 11.5. The quantitative estimate of drug-likeness (QED) is 0.871. The zero-order valence-corrected chi connectivity index (χ0v) is 10.1. The summed E-state index contributed by atoms with van der Waals surface area (Å²) in [5.41, 5.74) is 0.695. The zero-order chi connectivity index (χ0) is 12.8. The van der Waals surface area contributed by atoms with Gasteiger partial charge in [0.25, 0.3) is 5.91 Å². The van der Waals surface area contributed by atoms with E-state index >= 15 is 0 Å². The normalized spacial score (nSPS) is 10.1. The summed E-state index contributed by atoms with van der Waals surface area (Å²) in [7, 11) is 0. The van der Waals surface area contributed by atoms with Crippen LogP contribution in [0.15, 0.2) is 40.9 Å². The summed E-state index contributed by atoms with van der Waals surface area (Å²) in [5.74, 6) is 1.20. The van der Waals surface area contributed by atoms with Crippen molar-refractivity contribution in [2.24, 2.45) is 0 Å². The van der Waals surface area contributed by atoms with Gasteiger partial charge in [0, 0.05) is 6.07 Å². The fourth-order valence-corrected chi connectivity index (χ4v) is 1.41. The Balaban J connectivity index is 1.73. The molecule has 0 bridgehead atoms. The van der Waals surface area contributed by atoms with E-state index in [1.807, 2.05) is 18.2 Å². The van der Waals surface area contributed by atoms with E-state index in [4.69, 9.17) is 9.26 Å². The van der Waals surface area contributed by atoms with E-state index in [-0.39, 0.29) is 12.5 Å². The second-order valence-electron chi connectivity index (χ2n) is 3.81. The van der Waals surface area contributed by atoms with Gasteiger partial charge in [0.15, 0.2) is 6.61 Å². The number of aryl methyl sites for hydroxylation is 1. The highest BCUT2D eigenvalue weighted by atomic mass is 16.5. The van der Waals surface area contributed by atoms with Crippen molar-refractivity contribution in [2.75, 3.05) is 6.61 Å². The van der Waals surface area contributed by atoms with Crippen molar-refractivity contribution in [1.82, 2.24) is 10.5 Å². The third-order valence-corrected chi connectivity index (χ3v) is 2.26. The Morgan fingerprint density at radius 2 is 2.17 bits per heavy atom. The maximum Gasteiger partial charge on any atom is 0.258 e. The Hall–Kier alpha value is -2.30. The van der Waals surface area contributed by atoms with Gasteiger partial charge in [0.05, 0.1) is 6.54 Å². The topological polar surface area (TPSA) is 64.4 Å². The molecule has 0 spiro atoms. The number of para-hydroxylation sites is 1. The smallest absolute Gasteiger partial charge is 0.258 e.